The van der Waals surface area contributed by atoms with E-state index in [-0.39, 0.29) is 24.5 Å². The van der Waals surface area contributed by atoms with Gasteiger partial charge in [-0.15, -0.1) is 11.8 Å². The molecule has 0 saturated heterocycles. The first kappa shape index (κ1) is 20.7. The maximum Gasteiger partial charge on any atom is 0.332 e. The van der Waals surface area contributed by atoms with Crippen LogP contribution in [-0.2, 0) is 24.9 Å². The molecule has 31 heavy (non-hydrogen) atoms. The maximum absolute atomic E-state index is 13.2. The summed E-state index contributed by atoms with van der Waals surface area (Å²) in [5.74, 6) is -0.365. The summed E-state index contributed by atoms with van der Waals surface area (Å²) in [4.78, 5) is 39.9. The highest BCUT2D eigenvalue weighted by atomic mass is 32.2. The predicted molar refractivity (Wildman–Crippen MR) is 122 cm³/mol. The van der Waals surface area contributed by atoms with E-state index in [2.05, 4.69) is 10.4 Å². The van der Waals surface area contributed by atoms with Crippen molar-refractivity contribution in [1.29, 1.82) is 0 Å². The van der Waals surface area contributed by atoms with Crippen molar-refractivity contribution in [3.63, 3.8) is 0 Å². The van der Waals surface area contributed by atoms with Crippen LogP contribution >= 0.6 is 11.8 Å². The Balaban J connectivity index is 1.73. The minimum atomic E-state index is -0.553. The van der Waals surface area contributed by atoms with Crippen LogP contribution in [0.1, 0.15) is 5.56 Å². The molecule has 1 amide bonds. The Bertz CT molecular complexity index is 1370. The minimum Gasteiger partial charge on any atom is -0.324 e. The summed E-state index contributed by atoms with van der Waals surface area (Å²) < 4.78 is 3.88. The molecule has 8 nitrogen and oxygen atoms in total. The first-order valence-electron chi connectivity index (χ1n) is 9.61. The molecule has 0 unspecified atom stereocenters. The number of hydrogen-bond donors (Lipinski definition) is 1. The van der Waals surface area contributed by atoms with Crippen LogP contribution in [0.25, 0.3) is 11.0 Å². The summed E-state index contributed by atoms with van der Waals surface area (Å²) in [6, 6.07) is 16.7. The lowest BCUT2D eigenvalue weighted by atomic mass is 10.2. The SMILES string of the molecule is CSc1cccc(NC(=O)Cn2c(=O)n(Cc3ccccc3)c(=O)c3nn(C)cc32)c1. The number of nitrogens with zero attached hydrogens (tertiary/aromatic N) is 4. The van der Waals surface area contributed by atoms with E-state index < -0.39 is 11.2 Å². The molecule has 0 aliphatic rings. The molecule has 0 saturated carbocycles. The summed E-state index contributed by atoms with van der Waals surface area (Å²) in [6.07, 6.45) is 3.53. The number of nitrogens with one attached hydrogen (secondary N) is 1. The second-order valence-electron chi connectivity index (χ2n) is 7.06. The number of benzene rings is 2. The Hall–Kier alpha value is -3.59. The zero-order valence-corrected chi connectivity index (χ0v) is 17.9. The van der Waals surface area contributed by atoms with E-state index in [1.165, 1.54) is 9.25 Å². The number of aryl methyl sites for hydroxylation is 1. The van der Waals surface area contributed by atoms with E-state index in [9.17, 15) is 14.4 Å². The van der Waals surface area contributed by atoms with Gasteiger partial charge < -0.3 is 5.32 Å². The lowest BCUT2D eigenvalue weighted by Crippen LogP contribution is -2.41. The zero-order chi connectivity index (χ0) is 22.0. The van der Waals surface area contributed by atoms with Gasteiger partial charge in [0, 0.05) is 23.8 Å². The molecule has 0 bridgehead atoms. The summed E-state index contributed by atoms with van der Waals surface area (Å²) in [7, 11) is 1.67. The van der Waals surface area contributed by atoms with Crippen LogP contribution in [0.3, 0.4) is 0 Å². The van der Waals surface area contributed by atoms with E-state index >= 15 is 0 Å². The Morgan fingerprint density at radius 2 is 1.84 bits per heavy atom. The number of thioether (sulfide) groups is 1. The van der Waals surface area contributed by atoms with Gasteiger partial charge >= 0.3 is 5.69 Å². The Morgan fingerprint density at radius 1 is 1.06 bits per heavy atom. The predicted octanol–water partition coefficient (Wildman–Crippen LogP) is 2.31. The van der Waals surface area contributed by atoms with Gasteiger partial charge in [0.2, 0.25) is 5.91 Å². The van der Waals surface area contributed by atoms with Gasteiger partial charge in [0.25, 0.3) is 5.56 Å². The molecule has 9 heteroatoms. The number of aromatic nitrogens is 4. The fourth-order valence-electron chi connectivity index (χ4n) is 3.39. The molecule has 2 heterocycles. The standard InChI is InChI=1S/C22H21N5O3S/c1-25-13-18-20(24-25)21(29)27(12-15-7-4-3-5-8-15)22(30)26(18)14-19(28)23-16-9-6-10-17(11-16)31-2/h3-11,13H,12,14H2,1-2H3,(H,23,28). The van der Waals surface area contributed by atoms with Crippen molar-refractivity contribution in [2.75, 3.05) is 11.6 Å². The minimum absolute atomic E-state index is 0.0996. The topological polar surface area (TPSA) is 90.9 Å². The smallest absolute Gasteiger partial charge is 0.324 e. The Morgan fingerprint density at radius 3 is 2.58 bits per heavy atom. The van der Waals surface area contributed by atoms with E-state index in [0.29, 0.717) is 11.2 Å². The molecule has 158 valence electrons. The maximum atomic E-state index is 13.2. The van der Waals surface area contributed by atoms with Gasteiger partial charge in [-0.3, -0.25) is 23.4 Å². The molecule has 4 aromatic rings. The second kappa shape index (κ2) is 8.65. The summed E-state index contributed by atoms with van der Waals surface area (Å²) >= 11 is 1.57. The number of carbonyl (C=O) groups is 1. The molecular formula is C22H21N5O3S. The fraction of sp³-hybridized carbons (Fsp3) is 0.182. The molecule has 4 rings (SSSR count). The summed E-state index contributed by atoms with van der Waals surface area (Å²) in [6.45, 7) is -0.137. The van der Waals surface area contributed by atoms with Gasteiger partial charge in [0.05, 0.1) is 12.1 Å². The van der Waals surface area contributed by atoms with Crippen molar-refractivity contribution in [3.05, 3.63) is 87.2 Å². The molecular weight excluding hydrogens is 414 g/mol. The van der Waals surface area contributed by atoms with Crippen LogP contribution in [0.2, 0.25) is 0 Å². The van der Waals surface area contributed by atoms with Crippen molar-refractivity contribution in [2.24, 2.45) is 7.05 Å². The van der Waals surface area contributed by atoms with Gasteiger partial charge in [0.1, 0.15) is 6.54 Å². The molecule has 2 aromatic heterocycles. The van der Waals surface area contributed by atoms with E-state index in [4.69, 9.17) is 0 Å². The fourth-order valence-corrected chi connectivity index (χ4v) is 3.85. The highest BCUT2D eigenvalue weighted by molar-refractivity contribution is 7.98. The second-order valence-corrected chi connectivity index (χ2v) is 7.94. The molecule has 0 atom stereocenters. The largest absolute Gasteiger partial charge is 0.332 e. The van der Waals surface area contributed by atoms with Crippen LogP contribution in [0.15, 0.2) is 75.3 Å². The zero-order valence-electron chi connectivity index (χ0n) is 17.1. The normalized spacial score (nSPS) is 11.0. The monoisotopic (exact) mass is 435 g/mol. The average molecular weight is 436 g/mol. The van der Waals surface area contributed by atoms with Gasteiger partial charge in [-0.05, 0) is 30.0 Å². The summed E-state index contributed by atoms with van der Waals surface area (Å²) in [5, 5.41) is 7.04. The number of carbonyl (C=O) groups excluding carboxylic acids is 1. The number of rotatable bonds is 6. The number of amides is 1. The average Bonchev–Trinajstić information content (AvgIpc) is 3.17. The van der Waals surface area contributed by atoms with Crippen molar-refractivity contribution in [1.82, 2.24) is 18.9 Å². The molecule has 0 aliphatic heterocycles. The highest BCUT2D eigenvalue weighted by Gasteiger charge is 2.18. The Labute approximate surface area is 182 Å². The van der Waals surface area contributed by atoms with Gasteiger partial charge in [0.15, 0.2) is 5.52 Å². The van der Waals surface area contributed by atoms with E-state index in [0.717, 1.165) is 15.0 Å². The van der Waals surface area contributed by atoms with E-state index in [1.807, 2.05) is 54.8 Å². The third kappa shape index (κ3) is 4.31. The number of anilines is 1. The van der Waals surface area contributed by atoms with Crippen LogP contribution < -0.4 is 16.6 Å². The molecule has 0 spiro atoms. The van der Waals surface area contributed by atoms with Crippen LogP contribution in [0.5, 0.6) is 0 Å². The van der Waals surface area contributed by atoms with Crippen molar-refractivity contribution < 1.29 is 4.79 Å². The quantitative estimate of drug-likeness (QED) is 0.470. The van der Waals surface area contributed by atoms with Crippen molar-refractivity contribution >= 4 is 34.4 Å². The molecule has 2 aromatic carbocycles. The highest BCUT2D eigenvalue weighted by Crippen LogP contribution is 2.19. The number of fused-ring (bicyclic) bond motifs is 1. The first-order valence-corrected chi connectivity index (χ1v) is 10.8. The van der Waals surface area contributed by atoms with Gasteiger partial charge in [-0.1, -0.05) is 36.4 Å². The van der Waals surface area contributed by atoms with Crippen LogP contribution in [0, 0.1) is 0 Å². The molecule has 0 fully saturated rings. The third-order valence-electron chi connectivity index (χ3n) is 4.85. The van der Waals surface area contributed by atoms with Crippen LogP contribution in [-0.4, -0.2) is 31.1 Å². The van der Waals surface area contributed by atoms with Crippen molar-refractivity contribution in [2.45, 2.75) is 18.0 Å². The summed E-state index contributed by atoms with van der Waals surface area (Å²) in [5.41, 5.74) is 0.896. The Kier molecular flexibility index (Phi) is 5.77. The number of hydrogen-bond acceptors (Lipinski definition) is 5. The van der Waals surface area contributed by atoms with Gasteiger partial charge in [-0.2, -0.15) is 5.10 Å². The third-order valence-corrected chi connectivity index (χ3v) is 5.57. The first-order chi connectivity index (χ1) is 15.0. The lowest BCUT2D eigenvalue weighted by Gasteiger charge is -2.12. The van der Waals surface area contributed by atoms with E-state index in [1.54, 1.807) is 31.1 Å². The lowest BCUT2D eigenvalue weighted by molar-refractivity contribution is -0.116. The van der Waals surface area contributed by atoms with Crippen LogP contribution in [0.4, 0.5) is 5.69 Å². The molecule has 0 radical (unpaired) electrons. The van der Waals surface area contributed by atoms with Gasteiger partial charge in [-0.25, -0.2) is 4.79 Å². The molecule has 1 N–H and O–H groups in total. The van der Waals surface area contributed by atoms with Crippen molar-refractivity contribution in [3.8, 4) is 0 Å². The molecule has 0 aliphatic carbocycles.